The number of nitrogens with one attached hydrogen (secondary N) is 1. The monoisotopic (exact) mass is 476 g/mol. The minimum absolute atomic E-state index is 0.114. The topological polar surface area (TPSA) is 67.2 Å². The van der Waals surface area contributed by atoms with E-state index in [4.69, 9.17) is 4.98 Å². The van der Waals surface area contributed by atoms with Gasteiger partial charge in [0.05, 0.1) is 22.6 Å². The van der Waals surface area contributed by atoms with Gasteiger partial charge in [0, 0.05) is 12.1 Å². The van der Waals surface area contributed by atoms with E-state index in [0.717, 1.165) is 36.1 Å². The number of aromatic nitrogens is 2. The van der Waals surface area contributed by atoms with E-state index in [0.29, 0.717) is 29.7 Å². The molecule has 0 fully saturated rings. The maximum absolute atomic E-state index is 13.9. The van der Waals surface area contributed by atoms with Gasteiger partial charge in [-0.15, -0.1) is 0 Å². The Morgan fingerprint density at radius 2 is 1.77 bits per heavy atom. The number of fused-ring (bicyclic) bond motifs is 1. The molecule has 35 heavy (non-hydrogen) atoms. The molecule has 188 valence electrons. The zero-order valence-electron chi connectivity index (χ0n) is 22.3. The van der Waals surface area contributed by atoms with Crippen molar-refractivity contribution in [1.29, 1.82) is 0 Å². The quantitative estimate of drug-likeness (QED) is 0.380. The van der Waals surface area contributed by atoms with E-state index < -0.39 is 0 Å². The van der Waals surface area contributed by atoms with Crippen LogP contribution in [0, 0.1) is 13.8 Å². The van der Waals surface area contributed by atoms with E-state index in [9.17, 15) is 9.59 Å². The summed E-state index contributed by atoms with van der Waals surface area (Å²) in [6, 6.07) is 13.0. The van der Waals surface area contributed by atoms with Crippen molar-refractivity contribution in [2.75, 3.05) is 6.54 Å². The van der Waals surface area contributed by atoms with Gasteiger partial charge in [-0.05, 0) is 82.9 Å². The van der Waals surface area contributed by atoms with Gasteiger partial charge in [-0.2, -0.15) is 0 Å². The lowest BCUT2D eigenvalue weighted by atomic mass is 10.1. The summed E-state index contributed by atoms with van der Waals surface area (Å²) in [4.78, 5) is 34.2. The summed E-state index contributed by atoms with van der Waals surface area (Å²) in [5.74, 6) is 0.597. The number of para-hydroxylation sites is 1. The van der Waals surface area contributed by atoms with Crippen LogP contribution in [0.5, 0.6) is 0 Å². The Bertz CT molecular complexity index is 1240. The van der Waals surface area contributed by atoms with E-state index in [1.54, 1.807) is 4.57 Å². The number of urea groups is 1. The summed E-state index contributed by atoms with van der Waals surface area (Å²) in [5.41, 5.74) is 3.20. The number of nitrogens with zero attached hydrogens (tertiary/aromatic N) is 3. The van der Waals surface area contributed by atoms with Crippen LogP contribution >= 0.6 is 0 Å². The second-order valence-corrected chi connectivity index (χ2v) is 10.4. The van der Waals surface area contributed by atoms with Crippen molar-refractivity contribution in [2.24, 2.45) is 0 Å². The van der Waals surface area contributed by atoms with Gasteiger partial charge in [0.25, 0.3) is 5.56 Å². The Kier molecular flexibility index (Phi) is 8.36. The lowest BCUT2D eigenvalue weighted by Crippen LogP contribution is -2.50. The number of benzene rings is 2. The molecule has 1 unspecified atom stereocenters. The van der Waals surface area contributed by atoms with Crippen molar-refractivity contribution in [3.63, 3.8) is 0 Å². The highest BCUT2D eigenvalue weighted by atomic mass is 16.2. The largest absolute Gasteiger partial charge is 0.333 e. The van der Waals surface area contributed by atoms with Crippen LogP contribution in [0.2, 0.25) is 0 Å². The molecule has 3 aromatic rings. The van der Waals surface area contributed by atoms with Crippen LogP contribution in [0.3, 0.4) is 0 Å². The van der Waals surface area contributed by atoms with Crippen LogP contribution in [0.25, 0.3) is 16.6 Å². The second kappa shape index (κ2) is 11.1. The highest BCUT2D eigenvalue weighted by Gasteiger charge is 2.30. The van der Waals surface area contributed by atoms with Gasteiger partial charge in [-0.25, -0.2) is 9.78 Å². The minimum atomic E-state index is -0.372. The maximum Gasteiger partial charge on any atom is 0.318 e. The van der Waals surface area contributed by atoms with Crippen LogP contribution in [0.15, 0.2) is 47.3 Å². The van der Waals surface area contributed by atoms with Crippen molar-refractivity contribution in [1.82, 2.24) is 19.8 Å². The Balaban J connectivity index is 2.25. The number of carbonyl (C=O) groups is 1. The summed E-state index contributed by atoms with van der Waals surface area (Å²) < 4.78 is 1.71. The first-order valence-electron chi connectivity index (χ1n) is 12.8. The Labute approximate surface area is 209 Å². The van der Waals surface area contributed by atoms with Gasteiger partial charge in [0.2, 0.25) is 0 Å². The molecular weight excluding hydrogens is 436 g/mol. The molecule has 3 rings (SSSR count). The van der Waals surface area contributed by atoms with E-state index in [1.807, 2.05) is 82.0 Å². The Hall–Kier alpha value is -3.15. The molecule has 0 spiro atoms. The van der Waals surface area contributed by atoms with Crippen LogP contribution in [0.4, 0.5) is 4.79 Å². The standard InChI is InChI=1S/C29H40N4O2/c1-8-10-13-18-32(28(35)31-29(5,6)7)25(9-2)26-30-24-15-12-11-14-23(24)27(34)33(26)22-17-16-20(3)21(4)19-22/h11-12,14-17,19,25H,8-10,13,18H2,1-7H3,(H,31,35). The number of amides is 2. The van der Waals surface area contributed by atoms with Crippen molar-refractivity contribution in [2.45, 2.75) is 85.7 Å². The number of hydrogen-bond acceptors (Lipinski definition) is 3. The summed E-state index contributed by atoms with van der Waals surface area (Å²) >= 11 is 0. The molecule has 1 aromatic heterocycles. The van der Waals surface area contributed by atoms with Crippen molar-refractivity contribution >= 4 is 16.9 Å². The second-order valence-electron chi connectivity index (χ2n) is 10.4. The van der Waals surface area contributed by atoms with Crippen LogP contribution in [-0.4, -0.2) is 32.6 Å². The maximum atomic E-state index is 13.9. The van der Waals surface area contributed by atoms with E-state index in [2.05, 4.69) is 19.2 Å². The van der Waals surface area contributed by atoms with E-state index in [1.165, 1.54) is 0 Å². The lowest BCUT2D eigenvalue weighted by molar-refractivity contribution is 0.158. The average Bonchev–Trinajstić information content (AvgIpc) is 2.79. The molecule has 0 saturated heterocycles. The fourth-order valence-electron chi connectivity index (χ4n) is 4.35. The lowest BCUT2D eigenvalue weighted by Gasteiger charge is -2.35. The molecule has 0 aliphatic carbocycles. The fraction of sp³-hybridized carbons (Fsp3) is 0.483. The first-order valence-corrected chi connectivity index (χ1v) is 12.8. The number of hydrogen-bond donors (Lipinski definition) is 1. The van der Waals surface area contributed by atoms with Gasteiger partial charge in [-0.3, -0.25) is 9.36 Å². The highest BCUT2D eigenvalue weighted by molar-refractivity contribution is 5.78. The van der Waals surface area contributed by atoms with Gasteiger partial charge in [-0.1, -0.05) is 44.9 Å². The molecular formula is C29H40N4O2. The zero-order chi connectivity index (χ0) is 25.8. The van der Waals surface area contributed by atoms with Crippen molar-refractivity contribution in [3.8, 4) is 5.69 Å². The van der Waals surface area contributed by atoms with Gasteiger partial charge < -0.3 is 10.2 Å². The van der Waals surface area contributed by atoms with Crippen LogP contribution < -0.4 is 10.9 Å². The highest BCUT2D eigenvalue weighted by Crippen LogP contribution is 2.27. The third-order valence-electron chi connectivity index (χ3n) is 6.36. The van der Waals surface area contributed by atoms with Crippen molar-refractivity contribution < 1.29 is 4.79 Å². The molecule has 1 atom stereocenters. The van der Waals surface area contributed by atoms with Gasteiger partial charge >= 0.3 is 6.03 Å². The van der Waals surface area contributed by atoms with Crippen molar-refractivity contribution in [3.05, 3.63) is 69.8 Å². The van der Waals surface area contributed by atoms with Gasteiger partial charge in [0.15, 0.2) is 0 Å². The average molecular weight is 477 g/mol. The first-order chi connectivity index (χ1) is 16.6. The zero-order valence-corrected chi connectivity index (χ0v) is 22.3. The molecule has 1 heterocycles. The molecule has 0 aliphatic heterocycles. The Morgan fingerprint density at radius 3 is 2.40 bits per heavy atom. The molecule has 0 radical (unpaired) electrons. The smallest absolute Gasteiger partial charge is 0.318 e. The third kappa shape index (κ3) is 6.11. The molecule has 0 saturated carbocycles. The van der Waals surface area contributed by atoms with Crippen LogP contribution in [0.1, 0.15) is 83.3 Å². The van der Waals surface area contributed by atoms with Gasteiger partial charge in [0.1, 0.15) is 5.82 Å². The summed E-state index contributed by atoms with van der Waals surface area (Å²) in [6.45, 7) is 14.8. The fourth-order valence-corrected chi connectivity index (χ4v) is 4.35. The normalized spacial score (nSPS) is 12.5. The first kappa shape index (κ1) is 26.5. The SMILES string of the molecule is CCCCCN(C(=O)NC(C)(C)C)C(CC)c1nc2ccccc2c(=O)n1-c1ccc(C)c(C)c1. The summed E-state index contributed by atoms with van der Waals surface area (Å²) in [6.07, 6.45) is 3.63. The molecule has 2 amide bonds. The molecule has 1 N–H and O–H groups in total. The third-order valence-corrected chi connectivity index (χ3v) is 6.36. The number of unbranched alkanes of at least 4 members (excludes halogenated alkanes) is 2. The number of rotatable bonds is 8. The molecule has 0 bridgehead atoms. The van der Waals surface area contributed by atoms with Crippen LogP contribution in [-0.2, 0) is 0 Å². The molecule has 0 aliphatic rings. The minimum Gasteiger partial charge on any atom is -0.333 e. The summed E-state index contributed by atoms with van der Waals surface area (Å²) in [7, 11) is 0. The number of carbonyl (C=O) groups excluding carboxylic acids is 1. The number of aryl methyl sites for hydroxylation is 2. The molecule has 6 nitrogen and oxygen atoms in total. The molecule has 6 heteroatoms. The summed E-state index contributed by atoms with van der Waals surface area (Å²) in [5, 5.41) is 3.70. The predicted molar refractivity (Wildman–Crippen MR) is 144 cm³/mol. The Morgan fingerprint density at radius 1 is 1.06 bits per heavy atom. The predicted octanol–water partition coefficient (Wildman–Crippen LogP) is 6.45. The van der Waals surface area contributed by atoms with E-state index in [-0.39, 0.29) is 23.2 Å². The molecule has 2 aromatic carbocycles. The van der Waals surface area contributed by atoms with E-state index >= 15 is 0 Å².